The van der Waals surface area contributed by atoms with Crippen LogP contribution in [0.5, 0.6) is 0 Å². The lowest BCUT2D eigenvalue weighted by Gasteiger charge is -2.43. The Bertz CT molecular complexity index is 313. The quantitative estimate of drug-likeness (QED) is 0.683. The van der Waals surface area contributed by atoms with Crippen molar-refractivity contribution >= 4 is 11.8 Å². The van der Waals surface area contributed by atoms with Gasteiger partial charge in [-0.3, -0.25) is 9.59 Å². The Balaban J connectivity index is 1.86. The Kier molecular flexibility index (Phi) is 3.40. The zero-order valence-electron chi connectivity index (χ0n) is 11.0. The number of hydrogen-bond acceptors (Lipinski definition) is 2. The van der Waals surface area contributed by atoms with Crippen molar-refractivity contribution in [3.05, 3.63) is 0 Å². The number of rotatable bonds is 1. The third-order valence-electron chi connectivity index (χ3n) is 3.86. The first-order valence-electron chi connectivity index (χ1n) is 6.51. The molecule has 0 radical (unpaired) electrons. The lowest BCUT2D eigenvalue weighted by molar-refractivity contribution is -0.149. The molecule has 17 heavy (non-hydrogen) atoms. The summed E-state index contributed by atoms with van der Waals surface area (Å²) >= 11 is 0. The van der Waals surface area contributed by atoms with Gasteiger partial charge < -0.3 is 9.80 Å². The molecule has 0 aromatic rings. The van der Waals surface area contributed by atoms with Gasteiger partial charge in [-0.2, -0.15) is 0 Å². The van der Waals surface area contributed by atoms with Crippen LogP contribution < -0.4 is 0 Å². The molecular weight excluding hydrogens is 216 g/mol. The molecule has 2 aliphatic heterocycles. The molecule has 4 heteroatoms. The highest BCUT2D eigenvalue weighted by atomic mass is 16.2. The lowest BCUT2D eigenvalue weighted by atomic mass is 9.89. The summed E-state index contributed by atoms with van der Waals surface area (Å²) in [4.78, 5) is 27.0. The molecule has 2 saturated heterocycles. The number of likely N-dealkylation sites (tertiary alicyclic amines) is 2. The van der Waals surface area contributed by atoms with E-state index in [-0.39, 0.29) is 17.7 Å². The first-order valence-corrected chi connectivity index (χ1v) is 6.51. The van der Waals surface area contributed by atoms with E-state index in [4.69, 9.17) is 0 Å². The molecule has 0 aliphatic carbocycles. The molecule has 0 saturated carbocycles. The molecule has 0 bridgehead atoms. The van der Waals surface area contributed by atoms with E-state index in [0.29, 0.717) is 24.9 Å². The largest absolute Gasteiger partial charge is 0.342 e. The number of carbonyl (C=O) groups excluding carboxylic acids is 2. The minimum Gasteiger partial charge on any atom is -0.342 e. The fraction of sp³-hybridized carbons (Fsp3) is 0.846. The molecule has 2 rings (SSSR count). The van der Waals surface area contributed by atoms with Crippen molar-refractivity contribution in [1.82, 2.24) is 9.80 Å². The predicted molar refractivity (Wildman–Crippen MR) is 65.3 cm³/mol. The number of piperidine rings is 1. The maximum Gasteiger partial charge on any atom is 0.229 e. The van der Waals surface area contributed by atoms with Crippen LogP contribution in [0.15, 0.2) is 0 Å². The van der Waals surface area contributed by atoms with Gasteiger partial charge in [0.1, 0.15) is 0 Å². The molecule has 0 N–H and O–H groups in total. The SMILES string of the molecule is CC(=O)N1CC(C(=O)N2CC(C)CC(C)C2)C1. The summed E-state index contributed by atoms with van der Waals surface area (Å²) in [5.74, 6) is 1.59. The smallest absolute Gasteiger partial charge is 0.229 e. The molecule has 2 amide bonds. The van der Waals surface area contributed by atoms with Crippen molar-refractivity contribution in [2.45, 2.75) is 27.2 Å². The third kappa shape index (κ3) is 2.61. The molecule has 96 valence electrons. The van der Waals surface area contributed by atoms with E-state index in [0.717, 1.165) is 13.1 Å². The summed E-state index contributed by atoms with van der Waals surface area (Å²) in [6.07, 6.45) is 1.22. The Morgan fingerprint density at radius 3 is 1.94 bits per heavy atom. The minimum atomic E-state index is 0.0522. The van der Waals surface area contributed by atoms with Crippen LogP contribution in [-0.4, -0.2) is 47.8 Å². The van der Waals surface area contributed by atoms with E-state index in [1.54, 1.807) is 11.8 Å². The van der Waals surface area contributed by atoms with Crippen molar-refractivity contribution in [1.29, 1.82) is 0 Å². The van der Waals surface area contributed by atoms with Gasteiger partial charge in [-0.1, -0.05) is 13.8 Å². The molecule has 0 aromatic heterocycles. The molecule has 2 atom stereocenters. The highest BCUT2D eigenvalue weighted by Crippen LogP contribution is 2.25. The summed E-state index contributed by atoms with van der Waals surface area (Å²) in [7, 11) is 0. The molecule has 2 unspecified atom stereocenters. The summed E-state index contributed by atoms with van der Waals surface area (Å²) in [5, 5.41) is 0. The van der Waals surface area contributed by atoms with E-state index < -0.39 is 0 Å². The molecule has 2 heterocycles. The van der Waals surface area contributed by atoms with Crippen LogP contribution in [0.2, 0.25) is 0 Å². The highest BCUT2D eigenvalue weighted by Gasteiger charge is 2.38. The van der Waals surface area contributed by atoms with Gasteiger partial charge in [0.15, 0.2) is 0 Å². The molecule has 0 aromatic carbocycles. The van der Waals surface area contributed by atoms with Crippen molar-refractivity contribution in [2.75, 3.05) is 26.2 Å². The summed E-state index contributed by atoms with van der Waals surface area (Å²) in [6.45, 7) is 8.99. The molecular formula is C13H22N2O2. The van der Waals surface area contributed by atoms with Crippen LogP contribution in [0, 0.1) is 17.8 Å². The van der Waals surface area contributed by atoms with E-state index in [2.05, 4.69) is 13.8 Å². The molecule has 2 fully saturated rings. The number of hydrogen-bond donors (Lipinski definition) is 0. The first-order chi connectivity index (χ1) is 7.97. The van der Waals surface area contributed by atoms with Crippen LogP contribution in [0.25, 0.3) is 0 Å². The second-order valence-electron chi connectivity index (χ2n) is 5.81. The summed E-state index contributed by atoms with van der Waals surface area (Å²) < 4.78 is 0. The number of carbonyl (C=O) groups is 2. The van der Waals surface area contributed by atoms with E-state index in [1.165, 1.54) is 6.42 Å². The zero-order valence-corrected chi connectivity index (χ0v) is 11.0. The fourth-order valence-electron chi connectivity index (χ4n) is 2.99. The van der Waals surface area contributed by atoms with Crippen LogP contribution in [0.4, 0.5) is 0 Å². The van der Waals surface area contributed by atoms with E-state index in [1.807, 2.05) is 4.90 Å². The fourth-order valence-corrected chi connectivity index (χ4v) is 2.99. The van der Waals surface area contributed by atoms with Gasteiger partial charge in [0.05, 0.1) is 5.92 Å². The Hall–Kier alpha value is -1.06. The van der Waals surface area contributed by atoms with Crippen molar-refractivity contribution in [2.24, 2.45) is 17.8 Å². The first kappa shape index (κ1) is 12.4. The third-order valence-corrected chi connectivity index (χ3v) is 3.86. The van der Waals surface area contributed by atoms with Crippen LogP contribution in [-0.2, 0) is 9.59 Å². The zero-order chi connectivity index (χ0) is 12.6. The average molecular weight is 238 g/mol. The minimum absolute atomic E-state index is 0.0522. The van der Waals surface area contributed by atoms with Crippen molar-refractivity contribution < 1.29 is 9.59 Å². The Morgan fingerprint density at radius 1 is 0.941 bits per heavy atom. The molecule has 4 nitrogen and oxygen atoms in total. The van der Waals surface area contributed by atoms with Gasteiger partial charge in [0, 0.05) is 33.1 Å². The summed E-state index contributed by atoms with van der Waals surface area (Å²) in [6, 6.07) is 0. The van der Waals surface area contributed by atoms with E-state index in [9.17, 15) is 9.59 Å². The maximum atomic E-state index is 12.2. The second-order valence-corrected chi connectivity index (χ2v) is 5.81. The maximum absolute atomic E-state index is 12.2. The average Bonchev–Trinajstić information content (AvgIpc) is 2.12. The standard InChI is InChI=1S/C13H22N2O2/c1-9-4-10(2)6-15(5-9)13(17)12-7-14(8-12)11(3)16/h9-10,12H,4-8H2,1-3H3. The molecule has 2 aliphatic rings. The van der Waals surface area contributed by atoms with Crippen LogP contribution in [0.3, 0.4) is 0 Å². The van der Waals surface area contributed by atoms with E-state index >= 15 is 0 Å². The van der Waals surface area contributed by atoms with Crippen molar-refractivity contribution in [3.8, 4) is 0 Å². The second kappa shape index (κ2) is 4.67. The van der Waals surface area contributed by atoms with Crippen LogP contribution >= 0.6 is 0 Å². The predicted octanol–water partition coefficient (Wildman–Crippen LogP) is 0.969. The van der Waals surface area contributed by atoms with Gasteiger partial charge in [0.2, 0.25) is 11.8 Å². The van der Waals surface area contributed by atoms with Gasteiger partial charge in [-0.05, 0) is 18.3 Å². The van der Waals surface area contributed by atoms with Gasteiger partial charge in [-0.25, -0.2) is 0 Å². The Morgan fingerprint density at radius 2 is 1.47 bits per heavy atom. The number of amides is 2. The highest BCUT2D eigenvalue weighted by molar-refractivity contribution is 5.83. The van der Waals surface area contributed by atoms with Gasteiger partial charge in [-0.15, -0.1) is 0 Å². The van der Waals surface area contributed by atoms with Crippen molar-refractivity contribution in [3.63, 3.8) is 0 Å². The van der Waals surface area contributed by atoms with Gasteiger partial charge in [0.25, 0.3) is 0 Å². The lowest BCUT2D eigenvalue weighted by Crippen LogP contribution is -2.57. The molecule has 0 spiro atoms. The number of nitrogens with zero attached hydrogens (tertiary/aromatic N) is 2. The monoisotopic (exact) mass is 238 g/mol. The van der Waals surface area contributed by atoms with Gasteiger partial charge >= 0.3 is 0 Å². The normalized spacial score (nSPS) is 30.1. The summed E-state index contributed by atoms with van der Waals surface area (Å²) in [5.41, 5.74) is 0. The van der Waals surface area contributed by atoms with Crippen LogP contribution in [0.1, 0.15) is 27.2 Å². The topological polar surface area (TPSA) is 40.6 Å². The Labute approximate surface area is 103 Å².